The highest BCUT2D eigenvalue weighted by Crippen LogP contribution is 2.43. The quantitative estimate of drug-likeness (QED) is 0.0825. The first-order chi connectivity index (χ1) is 24.9. The second kappa shape index (κ2) is 19.0. The summed E-state index contributed by atoms with van der Waals surface area (Å²) >= 11 is 0. The minimum absolute atomic E-state index is 0.0307. The van der Waals surface area contributed by atoms with Crippen molar-refractivity contribution in [1.29, 1.82) is 0 Å². The molecule has 2 aromatic rings. The van der Waals surface area contributed by atoms with Crippen LogP contribution in [-0.4, -0.2) is 168 Å². The average Bonchev–Trinajstić information content (AvgIpc) is 3.16. The van der Waals surface area contributed by atoms with Gasteiger partial charge in [-0.25, -0.2) is 0 Å². The molecule has 0 bridgehead atoms. The van der Waals surface area contributed by atoms with Crippen LogP contribution < -0.4 is 28.4 Å². The van der Waals surface area contributed by atoms with Gasteiger partial charge in [-0.15, -0.1) is 0 Å². The Hall–Kier alpha value is -3.50. The first-order valence-corrected chi connectivity index (χ1v) is 16.3. The first kappa shape index (κ1) is 41.3. The SMILES string of the molecule is COc1cc(C=CCO)cc(OC)c1O[C@H](CO[C@@H]1O[C@H](CO)[C@@H](O)[C@H](O)[C@H]1O)Cc1cc(OC)c(O[C@@H]2O[C@H](CO)[C@@H](O)[C@H](O)[C@H]2O)c(OC)c1. The van der Waals surface area contributed by atoms with Gasteiger partial charge >= 0.3 is 0 Å². The molecular formula is C34H48O18. The Labute approximate surface area is 299 Å². The summed E-state index contributed by atoms with van der Waals surface area (Å²) < 4.78 is 51.5. The lowest BCUT2D eigenvalue weighted by Crippen LogP contribution is -2.60. The number of methoxy groups -OCH3 is 4. The highest BCUT2D eigenvalue weighted by atomic mass is 16.7. The summed E-state index contributed by atoms with van der Waals surface area (Å²) in [6.45, 7) is -1.83. The number of rotatable bonds is 17. The van der Waals surface area contributed by atoms with E-state index in [4.69, 9.17) is 42.6 Å². The van der Waals surface area contributed by atoms with Gasteiger partial charge in [0.1, 0.15) is 54.9 Å². The van der Waals surface area contributed by atoms with E-state index in [1.54, 1.807) is 30.3 Å². The van der Waals surface area contributed by atoms with Crippen LogP contribution in [0.2, 0.25) is 0 Å². The molecular weight excluding hydrogens is 696 g/mol. The molecule has 2 aromatic carbocycles. The zero-order valence-corrected chi connectivity index (χ0v) is 29.0. The van der Waals surface area contributed by atoms with Crippen LogP contribution in [0.3, 0.4) is 0 Å². The predicted molar refractivity (Wildman–Crippen MR) is 177 cm³/mol. The molecule has 2 aliphatic rings. The third-order valence-corrected chi connectivity index (χ3v) is 8.54. The van der Waals surface area contributed by atoms with Crippen LogP contribution in [0.4, 0.5) is 0 Å². The van der Waals surface area contributed by atoms with Gasteiger partial charge in [0.05, 0.1) is 54.9 Å². The molecule has 11 atom stereocenters. The lowest BCUT2D eigenvalue weighted by molar-refractivity contribution is -0.304. The van der Waals surface area contributed by atoms with Crippen LogP contribution >= 0.6 is 0 Å². The Morgan fingerprint density at radius 1 is 0.635 bits per heavy atom. The Kier molecular flexibility index (Phi) is 15.1. The summed E-state index contributed by atoms with van der Waals surface area (Å²) in [5.41, 5.74) is 1.14. The lowest BCUT2D eigenvalue weighted by Gasteiger charge is -2.40. The average molecular weight is 745 g/mol. The predicted octanol–water partition coefficient (Wildman–Crippen LogP) is -2.29. The molecule has 0 unspecified atom stereocenters. The summed E-state index contributed by atoms with van der Waals surface area (Å²) in [5.74, 6) is 0.824. The maximum Gasteiger partial charge on any atom is 0.229 e. The molecule has 0 spiro atoms. The van der Waals surface area contributed by atoms with Gasteiger partial charge in [0, 0.05) is 6.42 Å². The third kappa shape index (κ3) is 9.34. The van der Waals surface area contributed by atoms with Crippen LogP contribution in [0, 0.1) is 0 Å². The molecule has 2 heterocycles. The molecule has 52 heavy (non-hydrogen) atoms. The summed E-state index contributed by atoms with van der Waals surface area (Å²) in [6.07, 6.45) is -13.1. The van der Waals surface area contributed by atoms with E-state index in [1.807, 2.05) is 0 Å². The summed E-state index contributed by atoms with van der Waals surface area (Å²) in [5, 5.41) is 90.6. The van der Waals surface area contributed by atoms with E-state index in [2.05, 4.69) is 0 Å². The van der Waals surface area contributed by atoms with Gasteiger partial charge in [0.15, 0.2) is 29.3 Å². The fraction of sp³-hybridized carbons (Fsp3) is 0.588. The molecule has 0 radical (unpaired) electrons. The Bertz CT molecular complexity index is 1400. The molecule has 18 nitrogen and oxygen atoms in total. The standard InChI is InChI=1S/C34H48O18/c1-44-19-9-16(6-5-7-35)10-20(45-2)31(19)49-18(15-48-33-29(42)27(40)25(38)23(13-36)50-33)8-17-11-21(46-3)32(22(12-17)47-4)52-34-30(43)28(41)26(39)24(14-37)51-34/h5-6,9-12,18,23-30,33-43H,7-8,13-15H2,1-4H3/t18-,23+,24+,25+,26+,27-,28-,29+,30+,33+,34-/m0/s1. The monoisotopic (exact) mass is 744 g/mol. The van der Waals surface area contributed by atoms with Gasteiger partial charge in [-0.1, -0.05) is 12.2 Å². The Morgan fingerprint density at radius 2 is 1.12 bits per heavy atom. The van der Waals surface area contributed by atoms with E-state index in [1.165, 1.54) is 34.5 Å². The molecule has 0 saturated carbocycles. The number of hydrogen-bond acceptors (Lipinski definition) is 18. The Balaban J connectivity index is 1.68. The van der Waals surface area contributed by atoms with E-state index in [0.717, 1.165) is 0 Å². The molecule has 0 amide bonds. The van der Waals surface area contributed by atoms with Gasteiger partial charge in [-0.3, -0.25) is 0 Å². The van der Waals surface area contributed by atoms with Crippen molar-refractivity contribution < 1.29 is 88.6 Å². The molecule has 2 saturated heterocycles. The van der Waals surface area contributed by atoms with Gasteiger partial charge in [0.25, 0.3) is 0 Å². The summed E-state index contributed by atoms with van der Waals surface area (Å²) in [6, 6.07) is 6.42. The molecule has 292 valence electrons. The van der Waals surface area contributed by atoms with E-state index >= 15 is 0 Å². The van der Waals surface area contributed by atoms with Crippen molar-refractivity contribution in [3.8, 4) is 34.5 Å². The zero-order chi connectivity index (χ0) is 38.1. The van der Waals surface area contributed by atoms with Gasteiger partial charge in [-0.2, -0.15) is 0 Å². The largest absolute Gasteiger partial charge is 0.493 e. The van der Waals surface area contributed by atoms with Crippen molar-refractivity contribution in [3.05, 3.63) is 41.5 Å². The number of aliphatic hydroxyl groups is 9. The van der Waals surface area contributed by atoms with E-state index in [9.17, 15) is 46.0 Å². The Morgan fingerprint density at radius 3 is 1.60 bits per heavy atom. The smallest absolute Gasteiger partial charge is 0.229 e. The van der Waals surface area contributed by atoms with Crippen LogP contribution in [0.25, 0.3) is 6.08 Å². The van der Waals surface area contributed by atoms with Gasteiger partial charge < -0.3 is 88.6 Å². The zero-order valence-electron chi connectivity index (χ0n) is 29.0. The molecule has 18 heteroatoms. The molecule has 9 N–H and O–H groups in total. The van der Waals surface area contributed by atoms with Crippen molar-refractivity contribution in [1.82, 2.24) is 0 Å². The lowest BCUT2D eigenvalue weighted by atomic mass is 9.99. The molecule has 0 aromatic heterocycles. The molecule has 0 aliphatic carbocycles. The normalized spacial score (nSPS) is 29.8. The second-order valence-corrected chi connectivity index (χ2v) is 12.0. The number of ether oxygens (including phenoxy) is 9. The highest BCUT2D eigenvalue weighted by Gasteiger charge is 2.46. The fourth-order valence-electron chi connectivity index (χ4n) is 5.72. The van der Waals surface area contributed by atoms with Crippen molar-refractivity contribution in [2.45, 2.75) is 73.9 Å². The van der Waals surface area contributed by atoms with Crippen molar-refractivity contribution >= 4 is 6.08 Å². The van der Waals surface area contributed by atoms with Crippen LogP contribution in [-0.2, 0) is 20.6 Å². The van der Waals surface area contributed by atoms with E-state index in [-0.39, 0.29) is 54.1 Å². The molecule has 4 rings (SSSR count). The molecule has 2 aliphatic heterocycles. The topological polar surface area (TPSA) is 265 Å². The summed E-state index contributed by atoms with van der Waals surface area (Å²) in [4.78, 5) is 0. The summed E-state index contributed by atoms with van der Waals surface area (Å²) in [7, 11) is 5.53. The van der Waals surface area contributed by atoms with E-state index < -0.39 is 80.7 Å². The maximum atomic E-state index is 10.6. The van der Waals surface area contributed by atoms with Crippen LogP contribution in [0.1, 0.15) is 11.1 Å². The maximum absolute atomic E-state index is 10.6. The third-order valence-electron chi connectivity index (χ3n) is 8.54. The first-order valence-electron chi connectivity index (χ1n) is 16.3. The van der Waals surface area contributed by atoms with E-state index in [0.29, 0.717) is 11.1 Å². The van der Waals surface area contributed by atoms with Gasteiger partial charge in [0.2, 0.25) is 17.8 Å². The van der Waals surface area contributed by atoms with Gasteiger partial charge in [-0.05, 0) is 35.4 Å². The second-order valence-electron chi connectivity index (χ2n) is 12.0. The highest BCUT2D eigenvalue weighted by molar-refractivity contribution is 5.62. The van der Waals surface area contributed by atoms with Crippen molar-refractivity contribution in [2.24, 2.45) is 0 Å². The molecule has 2 fully saturated rings. The fourth-order valence-corrected chi connectivity index (χ4v) is 5.72. The van der Waals surface area contributed by atoms with Crippen molar-refractivity contribution in [3.63, 3.8) is 0 Å². The minimum atomic E-state index is -1.71. The van der Waals surface area contributed by atoms with Crippen molar-refractivity contribution in [2.75, 3.05) is 54.9 Å². The number of benzene rings is 2. The number of aliphatic hydroxyl groups excluding tert-OH is 9. The number of hydrogen-bond donors (Lipinski definition) is 9. The van der Waals surface area contributed by atoms with Crippen LogP contribution in [0.15, 0.2) is 30.3 Å². The van der Waals surface area contributed by atoms with Crippen LogP contribution in [0.5, 0.6) is 34.5 Å². The minimum Gasteiger partial charge on any atom is -0.493 e.